The zero-order chi connectivity index (χ0) is 23.8. The molecule has 1 aromatic heterocycles. The number of anilines is 2. The van der Waals surface area contributed by atoms with Gasteiger partial charge in [-0.15, -0.1) is 0 Å². The molecule has 1 aromatic carbocycles. The highest BCUT2D eigenvalue weighted by atomic mass is 16.5. The smallest absolute Gasteiger partial charge is 0.290 e. The van der Waals surface area contributed by atoms with Gasteiger partial charge in [-0.1, -0.05) is 31.4 Å². The summed E-state index contributed by atoms with van der Waals surface area (Å²) in [6.07, 6.45) is 9.17. The molecule has 2 saturated heterocycles. The van der Waals surface area contributed by atoms with Crippen molar-refractivity contribution in [3.8, 4) is 5.75 Å². The predicted molar refractivity (Wildman–Crippen MR) is 134 cm³/mol. The number of aromatic nitrogens is 2. The normalized spacial score (nSPS) is 20.7. The third kappa shape index (κ3) is 6.17. The monoisotopic (exact) mass is 467 g/mol. The molecule has 2 N–H and O–H groups in total. The molecule has 0 spiro atoms. The van der Waals surface area contributed by atoms with Gasteiger partial charge in [0.2, 0.25) is 5.95 Å². The van der Waals surface area contributed by atoms with Crippen molar-refractivity contribution >= 4 is 18.2 Å². The van der Waals surface area contributed by atoms with Gasteiger partial charge in [-0.3, -0.25) is 9.69 Å². The average Bonchev–Trinajstić information content (AvgIpc) is 3.37. The van der Waals surface area contributed by atoms with Crippen molar-refractivity contribution in [3.63, 3.8) is 0 Å². The molecule has 5 rings (SSSR count). The summed E-state index contributed by atoms with van der Waals surface area (Å²) in [5.74, 6) is 3.33. The Morgan fingerprint density at radius 1 is 1.06 bits per heavy atom. The molecule has 8 heteroatoms. The summed E-state index contributed by atoms with van der Waals surface area (Å²) in [6.45, 7) is 5.05. The molecule has 184 valence electrons. The molecule has 1 saturated carbocycles. The van der Waals surface area contributed by atoms with Gasteiger partial charge in [-0.05, 0) is 49.9 Å². The number of hydrogen-bond donors (Lipinski definition) is 2. The molecule has 0 radical (unpaired) electrons. The lowest BCUT2D eigenvalue weighted by molar-refractivity contribution is -0.122. The van der Waals surface area contributed by atoms with Gasteiger partial charge in [0.1, 0.15) is 11.6 Å². The summed E-state index contributed by atoms with van der Waals surface area (Å²) >= 11 is 0. The van der Waals surface area contributed by atoms with E-state index in [1.807, 2.05) is 12.1 Å². The van der Waals surface area contributed by atoms with Crippen LogP contribution in [0.25, 0.3) is 0 Å². The number of fused-ring (bicyclic) bond motifs is 1. The van der Waals surface area contributed by atoms with E-state index in [0.29, 0.717) is 18.5 Å². The summed E-state index contributed by atoms with van der Waals surface area (Å²) in [5, 5.41) is 10.4. The summed E-state index contributed by atoms with van der Waals surface area (Å²) in [4.78, 5) is 23.5. The Morgan fingerprint density at radius 2 is 1.82 bits per heavy atom. The van der Waals surface area contributed by atoms with E-state index >= 15 is 0 Å². The minimum Gasteiger partial charge on any atom is -0.497 e. The van der Waals surface area contributed by atoms with Crippen LogP contribution in [0, 0.1) is 0 Å². The van der Waals surface area contributed by atoms with Gasteiger partial charge in [-0.25, -0.2) is 4.98 Å². The lowest BCUT2D eigenvalue weighted by atomic mass is 9.87. The van der Waals surface area contributed by atoms with E-state index < -0.39 is 0 Å². The first-order valence-corrected chi connectivity index (χ1v) is 12.5. The van der Waals surface area contributed by atoms with Crippen molar-refractivity contribution in [2.75, 3.05) is 43.5 Å². The fourth-order valence-corrected chi connectivity index (χ4v) is 5.42. The lowest BCUT2D eigenvalue weighted by Crippen LogP contribution is -2.50. The van der Waals surface area contributed by atoms with E-state index in [9.17, 15) is 0 Å². The molecule has 3 heterocycles. The van der Waals surface area contributed by atoms with Crippen LogP contribution in [0.4, 0.5) is 11.8 Å². The maximum atomic E-state index is 8.36. The Hall–Kier alpha value is -2.87. The molecule has 34 heavy (non-hydrogen) atoms. The van der Waals surface area contributed by atoms with Crippen molar-refractivity contribution in [2.24, 2.45) is 0 Å². The number of carbonyl (C=O) groups is 1. The number of nitrogens with one attached hydrogen (secondary N) is 1. The molecule has 3 aliphatic rings. The fourth-order valence-electron chi connectivity index (χ4n) is 5.42. The maximum absolute atomic E-state index is 8.36. The Bertz CT molecular complexity index is 917. The molecule has 1 atom stereocenters. The standard InChI is InChI=1S/C25H35N5O.CH2O2/c1-31-22-11-9-19(10-12-22)17-26-25-27-23(20-6-3-2-4-7-20)16-24(28-25)30-15-14-29-13-5-8-21(29)18-30;2-1-3/h9-12,16,20-21H,2-8,13-15,17-18H2,1H3,(H,26,27,28);1H,(H,2,3). The number of methoxy groups -OCH3 is 1. The minimum atomic E-state index is -0.250. The second-order valence-electron chi connectivity index (χ2n) is 9.39. The Kier molecular flexibility index (Phi) is 8.57. The third-order valence-corrected chi connectivity index (χ3v) is 7.28. The molecule has 0 amide bonds. The van der Waals surface area contributed by atoms with Crippen LogP contribution < -0.4 is 15.0 Å². The quantitative estimate of drug-likeness (QED) is 0.613. The predicted octanol–water partition coefficient (Wildman–Crippen LogP) is 4.13. The van der Waals surface area contributed by atoms with Gasteiger partial charge in [0, 0.05) is 44.2 Å². The van der Waals surface area contributed by atoms with Crippen LogP contribution in [0.5, 0.6) is 5.75 Å². The first kappa shape index (κ1) is 24.3. The first-order valence-electron chi connectivity index (χ1n) is 12.5. The molecule has 8 nitrogen and oxygen atoms in total. The second kappa shape index (κ2) is 12.0. The van der Waals surface area contributed by atoms with E-state index in [2.05, 4.69) is 33.3 Å². The van der Waals surface area contributed by atoms with Crippen LogP contribution in [0.15, 0.2) is 30.3 Å². The molecule has 1 aliphatic carbocycles. The number of ether oxygens (including phenoxy) is 1. The molecular formula is C26H37N5O3. The van der Waals surface area contributed by atoms with Gasteiger partial charge in [0.05, 0.1) is 12.8 Å². The van der Waals surface area contributed by atoms with E-state index in [1.165, 1.54) is 62.7 Å². The van der Waals surface area contributed by atoms with E-state index in [-0.39, 0.29) is 6.47 Å². The van der Waals surface area contributed by atoms with Gasteiger partial charge < -0.3 is 20.1 Å². The van der Waals surface area contributed by atoms with Crippen molar-refractivity contribution in [1.82, 2.24) is 14.9 Å². The number of nitrogens with zero attached hydrogens (tertiary/aromatic N) is 4. The van der Waals surface area contributed by atoms with Crippen molar-refractivity contribution < 1.29 is 14.6 Å². The van der Waals surface area contributed by atoms with Crippen molar-refractivity contribution in [1.29, 1.82) is 0 Å². The summed E-state index contributed by atoms with van der Waals surface area (Å²) in [5.41, 5.74) is 2.43. The van der Waals surface area contributed by atoms with Crippen LogP contribution >= 0.6 is 0 Å². The number of benzene rings is 1. The Morgan fingerprint density at radius 3 is 2.56 bits per heavy atom. The average molecular weight is 468 g/mol. The number of piperazine rings is 1. The highest BCUT2D eigenvalue weighted by Gasteiger charge is 2.31. The summed E-state index contributed by atoms with van der Waals surface area (Å²) in [7, 11) is 1.70. The topological polar surface area (TPSA) is 90.8 Å². The van der Waals surface area contributed by atoms with Gasteiger partial charge >= 0.3 is 0 Å². The molecule has 3 fully saturated rings. The molecule has 1 unspecified atom stereocenters. The van der Waals surface area contributed by atoms with E-state index in [4.69, 9.17) is 24.6 Å². The number of rotatable bonds is 6. The van der Waals surface area contributed by atoms with Gasteiger partial charge in [0.25, 0.3) is 6.47 Å². The fraction of sp³-hybridized carbons (Fsp3) is 0.577. The largest absolute Gasteiger partial charge is 0.497 e. The first-order chi connectivity index (χ1) is 16.7. The Labute approximate surface area is 202 Å². The van der Waals surface area contributed by atoms with Crippen LogP contribution in [0.2, 0.25) is 0 Å². The molecule has 2 aromatic rings. The Balaban J connectivity index is 0.000000868. The minimum absolute atomic E-state index is 0.250. The van der Waals surface area contributed by atoms with Crippen LogP contribution in [0.1, 0.15) is 62.1 Å². The second-order valence-corrected chi connectivity index (χ2v) is 9.39. The SMILES string of the molecule is COc1ccc(CNc2nc(C3CCCCC3)cc(N3CCN4CCCC4C3)n2)cc1.O=CO. The van der Waals surface area contributed by atoms with Crippen molar-refractivity contribution in [2.45, 2.75) is 63.5 Å². The number of hydrogen-bond acceptors (Lipinski definition) is 7. The van der Waals surface area contributed by atoms with Crippen LogP contribution in [0.3, 0.4) is 0 Å². The zero-order valence-electron chi connectivity index (χ0n) is 20.2. The highest BCUT2D eigenvalue weighted by Crippen LogP contribution is 2.34. The summed E-state index contributed by atoms with van der Waals surface area (Å²) < 4.78 is 5.27. The maximum Gasteiger partial charge on any atom is 0.290 e. The third-order valence-electron chi connectivity index (χ3n) is 7.28. The van der Waals surface area contributed by atoms with Gasteiger partial charge in [-0.2, -0.15) is 4.98 Å². The molecular weight excluding hydrogens is 430 g/mol. The number of carboxylic acid groups (broad SMARTS) is 1. The summed E-state index contributed by atoms with van der Waals surface area (Å²) in [6, 6.07) is 11.2. The highest BCUT2D eigenvalue weighted by molar-refractivity contribution is 5.47. The van der Waals surface area contributed by atoms with Crippen LogP contribution in [-0.2, 0) is 11.3 Å². The van der Waals surface area contributed by atoms with Crippen molar-refractivity contribution in [3.05, 3.63) is 41.6 Å². The molecule has 0 bridgehead atoms. The zero-order valence-corrected chi connectivity index (χ0v) is 20.2. The van der Waals surface area contributed by atoms with Gasteiger partial charge in [0.15, 0.2) is 0 Å². The molecule has 2 aliphatic heterocycles. The lowest BCUT2D eigenvalue weighted by Gasteiger charge is -2.38. The van der Waals surface area contributed by atoms with Crippen LogP contribution in [-0.4, -0.2) is 65.8 Å². The van der Waals surface area contributed by atoms with E-state index in [1.54, 1.807) is 7.11 Å². The van der Waals surface area contributed by atoms with E-state index in [0.717, 1.165) is 37.1 Å².